The van der Waals surface area contributed by atoms with E-state index in [1.807, 2.05) is 0 Å². The summed E-state index contributed by atoms with van der Waals surface area (Å²) in [5, 5.41) is 3.25. The third kappa shape index (κ3) is 1.17. The normalized spacial score (nSPS) is 38.3. The van der Waals surface area contributed by atoms with Crippen molar-refractivity contribution in [1.29, 1.82) is 0 Å². The predicted molar refractivity (Wildman–Crippen MR) is 41.7 cm³/mol. The van der Waals surface area contributed by atoms with Crippen LogP contribution in [0.2, 0.25) is 0 Å². The summed E-state index contributed by atoms with van der Waals surface area (Å²) in [6.45, 7) is 1.50. The van der Waals surface area contributed by atoms with Crippen LogP contribution in [-0.4, -0.2) is 44.2 Å². The van der Waals surface area contributed by atoms with E-state index >= 15 is 0 Å². The van der Waals surface area contributed by atoms with Crippen LogP contribution >= 0.6 is 0 Å². The molecular weight excluding hydrogens is 164 g/mol. The Morgan fingerprint density at radius 2 is 2.27 bits per heavy atom. The number of nitrogens with zero attached hydrogens (tertiary/aromatic N) is 1. The van der Waals surface area contributed by atoms with Crippen LogP contribution in [0.25, 0.3) is 0 Å². The van der Waals surface area contributed by atoms with Gasteiger partial charge in [0.2, 0.25) is 10.0 Å². The third-order valence-corrected chi connectivity index (χ3v) is 3.73. The lowest BCUT2D eigenvalue weighted by molar-refractivity contribution is 0.351. The molecule has 0 aromatic carbocycles. The number of piperazine rings is 1. The van der Waals surface area contributed by atoms with Gasteiger partial charge in [-0.1, -0.05) is 0 Å². The van der Waals surface area contributed by atoms with Crippen molar-refractivity contribution in [2.75, 3.05) is 19.3 Å². The number of nitrogens with one attached hydrogen (secondary N) is 1. The average molecular weight is 176 g/mol. The molecule has 4 nitrogen and oxygen atoms in total. The Morgan fingerprint density at radius 3 is 2.55 bits per heavy atom. The van der Waals surface area contributed by atoms with Gasteiger partial charge in [-0.15, -0.1) is 0 Å². The van der Waals surface area contributed by atoms with Crippen molar-refractivity contribution in [1.82, 2.24) is 9.62 Å². The van der Waals surface area contributed by atoms with E-state index in [0.717, 1.165) is 13.0 Å². The van der Waals surface area contributed by atoms with E-state index in [1.165, 1.54) is 6.26 Å². The van der Waals surface area contributed by atoms with Gasteiger partial charge in [-0.2, -0.15) is 4.31 Å². The van der Waals surface area contributed by atoms with E-state index in [4.69, 9.17) is 0 Å². The van der Waals surface area contributed by atoms with E-state index in [1.54, 1.807) is 4.31 Å². The summed E-state index contributed by atoms with van der Waals surface area (Å²) < 4.78 is 23.8. The first-order valence-corrected chi connectivity index (χ1v) is 5.62. The number of rotatable bonds is 1. The van der Waals surface area contributed by atoms with Crippen LogP contribution in [0.3, 0.4) is 0 Å². The fourth-order valence-corrected chi connectivity index (χ4v) is 3.08. The van der Waals surface area contributed by atoms with Gasteiger partial charge in [0.15, 0.2) is 0 Å². The van der Waals surface area contributed by atoms with Gasteiger partial charge in [-0.3, -0.25) is 0 Å². The summed E-state index contributed by atoms with van der Waals surface area (Å²) >= 11 is 0. The zero-order chi connectivity index (χ0) is 8.06. The van der Waals surface area contributed by atoms with Gasteiger partial charge in [0.25, 0.3) is 0 Å². The Kier molecular flexibility index (Phi) is 1.49. The lowest BCUT2D eigenvalue weighted by Gasteiger charge is -2.24. The molecule has 0 saturated carbocycles. The summed E-state index contributed by atoms with van der Waals surface area (Å²) in [7, 11) is -2.94. The van der Waals surface area contributed by atoms with Crippen molar-refractivity contribution >= 4 is 10.0 Å². The van der Waals surface area contributed by atoms with Crippen LogP contribution in [0.5, 0.6) is 0 Å². The zero-order valence-electron chi connectivity index (χ0n) is 6.45. The Balaban J connectivity index is 2.21. The molecule has 0 aliphatic carbocycles. The van der Waals surface area contributed by atoms with E-state index < -0.39 is 10.0 Å². The maximum atomic E-state index is 11.1. The standard InChI is InChI=1S/C6H12N2O2S/c1-11(9,10)8-4-5-2-6(8)3-7-5/h5-7H,2-4H2,1H3/t5-,6-/m1/s1. The molecule has 2 bridgehead atoms. The van der Waals surface area contributed by atoms with Gasteiger partial charge in [-0.25, -0.2) is 8.42 Å². The molecule has 2 rings (SSSR count). The first-order chi connectivity index (χ1) is 5.07. The molecule has 5 heteroatoms. The van der Waals surface area contributed by atoms with Gasteiger partial charge in [0.05, 0.1) is 6.26 Å². The second-order valence-electron chi connectivity index (χ2n) is 3.33. The average Bonchev–Trinajstić information content (AvgIpc) is 2.42. The maximum Gasteiger partial charge on any atom is 0.211 e. The van der Waals surface area contributed by atoms with Crippen molar-refractivity contribution < 1.29 is 8.42 Å². The van der Waals surface area contributed by atoms with Crippen molar-refractivity contribution in [3.05, 3.63) is 0 Å². The Labute approximate surface area is 66.6 Å². The molecule has 2 atom stereocenters. The molecule has 1 N–H and O–H groups in total. The van der Waals surface area contributed by atoms with E-state index in [9.17, 15) is 8.42 Å². The molecule has 0 spiro atoms. The predicted octanol–water partition coefficient (Wildman–Crippen LogP) is -1.01. The van der Waals surface area contributed by atoms with Gasteiger partial charge in [-0.05, 0) is 6.42 Å². The molecule has 11 heavy (non-hydrogen) atoms. The van der Waals surface area contributed by atoms with Crippen molar-refractivity contribution in [2.24, 2.45) is 0 Å². The summed E-state index contributed by atoms with van der Waals surface area (Å²) in [6, 6.07) is 0.643. The minimum Gasteiger partial charge on any atom is -0.311 e. The third-order valence-electron chi connectivity index (χ3n) is 2.43. The lowest BCUT2D eigenvalue weighted by atomic mass is 10.2. The fourth-order valence-electron chi connectivity index (χ4n) is 1.93. The molecule has 2 aliphatic heterocycles. The van der Waals surface area contributed by atoms with Crippen molar-refractivity contribution in [3.63, 3.8) is 0 Å². The molecule has 0 aromatic rings. The summed E-state index contributed by atoms with van der Waals surface area (Å²) in [5.41, 5.74) is 0. The highest BCUT2D eigenvalue weighted by Crippen LogP contribution is 2.25. The minimum absolute atomic E-state index is 0.231. The highest BCUT2D eigenvalue weighted by Gasteiger charge is 2.41. The van der Waals surface area contributed by atoms with E-state index in [2.05, 4.69) is 5.32 Å². The number of fused-ring (bicyclic) bond motifs is 2. The van der Waals surface area contributed by atoms with Crippen LogP contribution in [0.1, 0.15) is 6.42 Å². The van der Waals surface area contributed by atoms with Crippen LogP contribution in [0, 0.1) is 0 Å². The van der Waals surface area contributed by atoms with Crippen molar-refractivity contribution in [2.45, 2.75) is 18.5 Å². The minimum atomic E-state index is -2.94. The Morgan fingerprint density at radius 1 is 1.55 bits per heavy atom. The Bertz CT molecular complexity index is 262. The lowest BCUT2D eigenvalue weighted by Crippen LogP contribution is -2.45. The summed E-state index contributed by atoms with van der Waals surface area (Å²) in [6.07, 6.45) is 2.28. The topological polar surface area (TPSA) is 49.4 Å². The molecule has 0 radical (unpaired) electrons. The second-order valence-corrected chi connectivity index (χ2v) is 5.26. The Hall–Kier alpha value is -0.130. The molecule has 2 fully saturated rings. The van der Waals surface area contributed by atoms with Gasteiger partial charge in [0.1, 0.15) is 0 Å². The monoisotopic (exact) mass is 176 g/mol. The molecular formula is C6H12N2O2S. The van der Waals surface area contributed by atoms with Gasteiger partial charge < -0.3 is 5.32 Å². The molecule has 2 aliphatic rings. The smallest absolute Gasteiger partial charge is 0.211 e. The second kappa shape index (κ2) is 2.18. The quantitative estimate of drug-likeness (QED) is 0.557. The van der Waals surface area contributed by atoms with Crippen LogP contribution in [-0.2, 0) is 10.0 Å². The van der Waals surface area contributed by atoms with Gasteiger partial charge in [0, 0.05) is 25.2 Å². The number of hydrogen-bond acceptors (Lipinski definition) is 3. The number of hydrogen-bond donors (Lipinski definition) is 1. The highest BCUT2D eigenvalue weighted by molar-refractivity contribution is 7.88. The van der Waals surface area contributed by atoms with E-state index in [-0.39, 0.29) is 6.04 Å². The first kappa shape index (κ1) is 7.52. The molecule has 64 valence electrons. The van der Waals surface area contributed by atoms with Crippen LogP contribution in [0.15, 0.2) is 0 Å². The summed E-state index contributed by atoms with van der Waals surface area (Å²) in [4.78, 5) is 0. The molecule has 0 amide bonds. The van der Waals surface area contributed by atoms with Gasteiger partial charge >= 0.3 is 0 Å². The summed E-state index contributed by atoms with van der Waals surface area (Å²) in [5.74, 6) is 0. The zero-order valence-corrected chi connectivity index (χ0v) is 7.26. The van der Waals surface area contributed by atoms with E-state index in [0.29, 0.717) is 12.6 Å². The first-order valence-electron chi connectivity index (χ1n) is 3.77. The highest BCUT2D eigenvalue weighted by atomic mass is 32.2. The number of sulfonamides is 1. The van der Waals surface area contributed by atoms with Crippen molar-refractivity contribution in [3.8, 4) is 0 Å². The molecule has 0 aromatic heterocycles. The molecule has 2 heterocycles. The SMILES string of the molecule is CS(=O)(=O)N1C[C@H]2C[C@@H]1CN2. The van der Waals surface area contributed by atoms with Crippen LogP contribution in [0.4, 0.5) is 0 Å². The maximum absolute atomic E-state index is 11.1. The van der Waals surface area contributed by atoms with Crippen LogP contribution < -0.4 is 5.32 Å². The fraction of sp³-hybridized carbons (Fsp3) is 1.00. The molecule has 2 saturated heterocycles. The molecule has 0 unspecified atom stereocenters. The largest absolute Gasteiger partial charge is 0.311 e.